The van der Waals surface area contributed by atoms with Crippen LogP contribution in [0, 0.1) is 5.41 Å². The van der Waals surface area contributed by atoms with Crippen LogP contribution in [0.15, 0.2) is 12.2 Å². The van der Waals surface area contributed by atoms with Gasteiger partial charge in [0.05, 0.1) is 12.7 Å². The fourth-order valence-corrected chi connectivity index (χ4v) is 2.18. The summed E-state index contributed by atoms with van der Waals surface area (Å²) in [6, 6.07) is 0. The van der Waals surface area contributed by atoms with E-state index in [0.29, 0.717) is 0 Å². The second-order valence-corrected chi connectivity index (χ2v) is 6.64. The molecular formula is C10H21O2Si. The van der Waals surface area contributed by atoms with Gasteiger partial charge in [-0.25, -0.2) is 0 Å². The predicted molar refractivity (Wildman–Crippen MR) is 58.0 cm³/mol. The van der Waals surface area contributed by atoms with Crippen LogP contribution in [0.25, 0.3) is 0 Å². The van der Waals surface area contributed by atoms with Crippen LogP contribution in [0.1, 0.15) is 20.8 Å². The van der Waals surface area contributed by atoms with Crippen LogP contribution < -0.4 is 0 Å². The first-order valence-corrected chi connectivity index (χ1v) is 6.95. The summed E-state index contributed by atoms with van der Waals surface area (Å²) in [5, 5.41) is 9.01. The highest BCUT2D eigenvalue weighted by Gasteiger charge is 2.28. The van der Waals surface area contributed by atoms with Crippen molar-refractivity contribution < 1.29 is 9.53 Å². The summed E-state index contributed by atoms with van der Waals surface area (Å²) in [6.07, 6.45) is -0.0265. The van der Waals surface area contributed by atoms with E-state index in [9.17, 15) is 0 Å². The molecule has 1 N–H and O–H groups in total. The van der Waals surface area contributed by atoms with Crippen LogP contribution in [0.4, 0.5) is 0 Å². The molecule has 0 aliphatic heterocycles. The molecule has 0 aromatic heterocycles. The Kier molecular flexibility index (Phi) is 4.89. The first-order chi connectivity index (χ1) is 5.79. The minimum Gasteiger partial charge on any atom is -0.410 e. The Balaban J connectivity index is 4.47. The largest absolute Gasteiger partial charge is 0.410 e. The average Bonchev–Trinajstić information content (AvgIpc) is 1.96. The number of aliphatic hydroxyl groups is 1. The van der Waals surface area contributed by atoms with Crippen LogP contribution in [-0.2, 0) is 4.43 Å². The van der Waals surface area contributed by atoms with Gasteiger partial charge >= 0.3 is 0 Å². The summed E-state index contributed by atoms with van der Waals surface area (Å²) in [5.74, 6) is 0. The summed E-state index contributed by atoms with van der Waals surface area (Å²) in [4.78, 5) is 0. The molecule has 1 radical (unpaired) electrons. The third-order valence-electron chi connectivity index (χ3n) is 1.71. The van der Waals surface area contributed by atoms with Crippen molar-refractivity contribution in [1.29, 1.82) is 0 Å². The van der Waals surface area contributed by atoms with Crippen molar-refractivity contribution in [2.75, 3.05) is 6.61 Å². The standard InChI is InChI=1S/C10H21O2Si/c1-8(7-11)9(10(2,3)4)12-13(5)6/h9,11H,1,7H2,2-6H3. The maximum Gasteiger partial charge on any atom is 0.205 e. The van der Waals surface area contributed by atoms with Crippen LogP contribution in [-0.4, -0.2) is 26.9 Å². The third kappa shape index (κ3) is 4.60. The van der Waals surface area contributed by atoms with Gasteiger partial charge in [0, 0.05) is 0 Å². The molecular weight excluding hydrogens is 180 g/mol. The molecule has 0 rings (SSSR count). The smallest absolute Gasteiger partial charge is 0.205 e. The SMILES string of the molecule is C=C(CO)C(O[Si](C)C)C(C)(C)C. The Morgan fingerprint density at radius 3 is 2.15 bits per heavy atom. The molecule has 0 amide bonds. The van der Waals surface area contributed by atoms with Crippen LogP contribution >= 0.6 is 0 Å². The first-order valence-electron chi connectivity index (χ1n) is 4.54. The molecule has 0 aromatic carbocycles. The average molecular weight is 201 g/mol. The van der Waals surface area contributed by atoms with E-state index in [1.165, 1.54) is 0 Å². The van der Waals surface area contributed by atoms with Gasteiger partial charge in [-0.15, -0.1) is 0 Å². The Bertz CT molecular complexity index is 170. The van der Waals surface area contributed by atoms with Crippen LogP contribution in [0.3, 0.4) is 0 Å². The van der Waals surface area contributed by atoms with E-state index >= 15 is 0 Å². The van der Waals surface area contributed by atoms with Gasteiger partial charge in [-0.05, 0) is 24.1 Å². The lowest BCUT2D eigenvalue weighted by Gasteiger charge is -2.33. The Hall–Kier alpha value is -0.123. The molecule has 0 heterocycles. The van der Waals surface area contributed by atoms with Gasteiger partial charge in [0.25, 0.3) is 0 Å². The van der Waals surface area contributed by atoms with Gasteiger partial charge in [0.1, 0.15) is 0 Å². The molecule has 3 heteroatoms. The maximum absolute atomic E-state index is 9.01. The molecule has 77 valence electrons. The summed E-state index contributed by atoms with van der Waals surface area (Å²) in [6.45, 7) is 14.3. The lowest BCUT2D eigenvalue weighted by molar-refractivity contribution is 0.106. The van der Waals surface area contributed by atoms with E-state index in [0.717, 1.165) is 5.57 Å². The fraction of sp³-hybridized carbons (Fsp3) is 0.800. The maximum atomic E-state index is 9.01. The minimum absolute atomic E-state index is 0.0110. The summed E-state index contributed by atoms with van der Waals surface area (Å²) in [7, 11) is -0.742. The Labute approximate surface area is 83.3 Å². The lowest BCUT2D eigenvalue weighted by Crippen LogP contribution is -2.35. The molecule has 1 atom stereocenters. The molecule has 0 aliphatic rings. The molecule has 0 bridgehead atoms. The van der Waals surface area contributed by atoms with Crippen LogP contribution in [0.2, 0.25) is 13.1 Å². The van der Waals surface area contributed by atoms with E-state index < -0.39 is 9.04 Å². The molecule has 1 unspecified atom stereocenters. The highest BCUT2D eigenvalue weighted by molar-refractivity contribution is 6.48. The number of rotatable bonds is 4. The van der Waals surface area contributed by atoms with Crippen molar-refractivity contribution in [3.63, 3.8) is 0 Å². The molecule has 13 heavy (non-hydrogen) atoms. The van der Waals surface area contributed by atoms with Crippen molar-refractivity contribution >= 4 is 9.04 Å². The molecule has 0 fully saturated rings. The highest BCUT2D eigenvalue weighted by Crippen LogP contribution is 2.27. The third-order valence-corrected chi connectivity index (χ3v) is 2.42. The van der Waals surface area contributed by atoms with E-state index in [1.54, 1.807) is 0 Å². The zero-order valence-corrected chi connectivity index (χ0v) is 10.3. The van der Waals surface area contributed by atoms with Gasteiger partial charge in [-0.1, -0.05) is 27.4 Å². The molecule has 0 aromatic rings. The molecule has 0 aliphatic carbocycles. The van der Waals surface area contributed by atoms with E-state index in [1.807, 2.05) is 0 Å². The first kappa shape index (κ1) is 12.9. The summed E-state index contributed by atoms with van der Waals surface area (Å²) >= 11 is 0. The lowest BCUT2D eigenvalue weighted by atomic mass is 9.85. The monoisotopic (exact) mass is 201 g/mol. The second-order valence-electron chi connectivity index (χ2n) is 4.59. The van der Waals surface area contributed by atoms with Gasteiger partial charge in [-0.2, -0.15) is 0 Å². The molecule has 0 saturated carbocycles. The number of hydrogen-bond acceptors (Lipinski definition) is 2. The van der Waals surface area contributed by atoms with Crippen molar-refractivity contribution in [3.05, 3.63) is 12.2 Å². The zero-order valence-electron chi connectivity index (χ0n) is 9.35. The van der Waals surface area contributed by atoms with Crippen LogP contribution in [0.5, 0.6) is 0 Å². The van der Waals surface area contributed by atoms with E-state index in [4.69, 9.17) is 9.53 Å². The molecule has 0 spiro atoms. The van der Waals surface area contributed by atoms with E-state index in [2.05, 4.69) is 40.4 Å². The van der Waals surface area contributed by atoms with Gasteiger partial charge in [0.15, 0.2) is 0 Å². The number of hydrogen-bond donors (Lipinski definition) is 1. The van der Waals surface area contributed by atoms with Gasteiger partial charge in [-0.3, -0.25) is 0 Å². The number of aliphatic hydroxyl groups excluding tert-OH is 1. The predicted octanol–water partition coefficient (Wildman–Crippen LogP) is 2.22. The quantitative estimate of drug-likeness (QED) is 0.558. The van der Waals surface area contributed by atoms with Crippen molar-refractivity contribution in [2.45, 2.75) is 40.0 Å². The van der Waals surface area contributed by atoms with Crippen molar-refractivity contribution in [2.24, 2.45) is 5.41 Å². The van der Waals surface area contributed by atoms with Gasteiger partial charge < -0.3 is 9.53 Å². The van der Waals surface area contributed by atoms with E-state index in [-0.39, 0.29) is 18.1 Å². The fourth-order valence-electron chi connectivity index (χ4n) is 1.19. The Morgan fingerprint density at radius 2 is 1.92 bits per heavy atom. The summed E-state index contributed by atoms with van der Waals surface area (Å²) < 4.78 is 5.81. The van der Waals surface area contributed by atoms with Gasteiger partial charge in [0.2, 0.25) is 9.04 Å². The molecule has 2 nitrogen and oxygen atoms in total. The topological polar surface area (TPSA) is 29.5 Å². The minimum atomic E-state index is -0.742. The van der Waals surface area contributed by atoms with Crippen molar-refractivity contribution in [3.8, 4) is 0 Å². The highest BCUT2D eigenvalue weighted by atomic mass is 28.3. The normalized spacial score (nSPS) is 14.7. The second kappa shape index (κ2) is 4.93. The zero-order chi connectivity index (χ0) is 10.6. The summed E-state index contributed by atoms with van der Waals surface area (Å²) in [5.41, 5.74) is 0.792. The Morgan fingerprint density at radius 1 is 1.46 bits per heavy atom. The molecule has 0 saturated heterocycles. The van der Waals surface area contributed by atoms with Crippen molar-refractivity contribution in [1.82, 2.24) is 0 Å².